The standard InChI is InChI=1S/C12H19NO/c1-14-10-12-7-4-8-13(12)9-11-5-2-3-6-11/h2-3,5-6,11-12H,4,7-10H2,1H3/t12-/m0/s1. The third-order valence-corrected chi connectivity index (χ3v) is 3.13. The molecular weight excluding hydrogens is 174 g/mol. The third-order valence-electron chi connectivity index (χ3n) is 3.13. The largest absolute Gasteiger partial charge is 0.383 e. The first-order chi connectivity index (χ1) is 6.90. The number of hydrogen-bond donors (Lipinski definition) is 0. The Morgan fingerprint density at radius 1 is 1.36 bits per heavy atom. The molecule has 0 bridgehead atoms. The maximum absolute atomic E-state index is 5.24. The average molecular weight is 193 g/mol. The molecule has 1 heterocycles. The summed E-state index contributed by atoms with van der Waals surface area (Å²) in [5, 5.41) is 0. The van der Waals surface area contributed by atoms with Crippen LogP contribution in [0.15, 0.2) is 24.3 Å². The van der Waals surface area contributed by atoms with Crippen LogP contribution in [0.2, 0.25) is 0 Å². The first-order valence-electron chi connectivity index (χ1n) is 5.48. The molecule has 0 spiro atoms. The number of likely N-dealkylation sites (tertiary alicyclic amines) is 1. The van der Waals surface area contributed by atoms with Gasteiger partial charge in [0.2, 0.25) is 0 Å². The van der Waals surface area contributed by atoms with Crippen LogP contribution in [0.4, 0.5) is 0 Å². The van der Waals surface area contributed by atoms with E-state index in [2.05, 4.69) is 29.2 Å². The van der Waals surface area contributed by atoms with Crippen molar-refractivity contribution in [2.75, 3.05) is 26.8 Å². The summed E-state index contributed by atoms with van der Waals surface area (Å²) in [4.78, 5) is 2.56. The Morgan fingerprint density at radius 3 is 2.86 bits per heavy atom. The summed E-state index contributed by atoms with van der Waals surface area (Å²) >= 11 is 0. The topological polar surface area (TPSA) is 12.5 Å². The Labute approximate surface area is 86.2 Å². The van der Waals surface area contributed by atoms with Crippen molar-refractivity contribution in [1.82, 2.24) is 4.90 Å². The smallest absolute Gasteiger partial charge is 0.0618 e. The van der Waals surface area contributed by atoms with E-state index in [1.54, 1.807) is 7.11 Å². The van der Waals surface area contributed by atoms with Gasteiger partial charge in [0.25, 0.3) is 0 Å². The lowest BCUT2D eigenvalue weighted by atomic mass is 10.1. The molecule has 2 nitrogen and oxygen atoms in total. The van der Waals surface area contributed by atoms with E-state index in [0.717, 1.165) is 6.61 Å². The summed E-state index contributed by atoms with van der Waals surface area (Å²) in [7, 11) is 1.80. The third kappa shape index (κ3) is 2.25. The van der Waals surface area contributed by atoms with E-state index in [-0.39, 0.29) is 0 Å². The number of allylic oxidation sites excluding steroid dienone is 2. The molecule has 1 fully saturated rings. The maximum atomic E-state index is 5.24. The van der Waals surface area contributed by atoms with E-state index in [0.29, 0.717) is 12.0 Å². The van der Waals surface area contributed by atoms with Gasteiger partial charge in [-0.15, -0.1) is 0 Å². The number of nitrogens with zero attached hydrogens (tertiary/aromatic N) is 1. The molecular formula is C12H19NO. The van der Waals surface area contributed by atoms with Gasteiger partial charge < -0.3 is 4.74 Å². The van der Waals surface area contributed by atoms with Crippen LogP contribution in [0.3, 0.4) is 0 Å². The molecule has 1 saturated heterocycles. The molecule has 0 amide bonds. The lowest BCUT2D eigenvalue weighted by molar-refractivity contribution is 0.112. The van der Waals surface area contributed by atoms with E-state index in [9.17, 15) is 0 Å². The Morgan fingerprint density at radius 2 is 2.14 bits per heavy atom. The second-order valence-electron chi connectivity index (χ2n) is 4.18. The highest BCUT2D eigenvalue weighted by molar-refractivity contribution is 5.18. The van der Waals surface area contributed by atoms with E-state index >= 15 is 0 Å². The van der Waals surface area contributed by atoms with Crippen molar-refractivity contribution in [3.8, 4) is 0 Å². The van der Waals surface area contributed by atoms with Gasteiger partial charge >= 0.3 is 0 Å². The minimum absolute atomic E-state index is 0.632. The van der Waals surface area contributed by atoms with E-state index < -0.39 is 0 Å². The Hall–Kier alpha value is -0.600. The van der Waals surface area contributed by atoms with Crippen LogP contribution < -0.4 is 0 Å². The number of hydrogen-bond acceptors (Lipinski definition) is 2. The van der Waals surface area contributed by atoms with Crippen molar-refractivity contribution >= 4 is 0 Å². The molecule has 2 heteroatoms. The van der Waals surface area contributed by atoms with Crippen molar-refractivity contribution in [3.05, 3.63) is 24.3 Å². The van der Waals surface area contributed by atoms with Crippen molar-refractivity contribution in [3.63, 3.8) is 0 Å². The molecule has 0 N–H and O–H groups in total. The molecule has 0 radical (unpaired) electrons. The van der Waals surface area contributed by atoms with Gasteiger partial charge in [-0.05, 0) is 19.4 Å². The summed E-state index contributed by atoms with van der Waals surface area (Å²) in [5.74, 6) is 0.632. The van der Waals surface area contributed by atoms with Crippen molar-refractivity contribution in [2.45, 2.75) is 18.9 Å². The Kier molecular flexibility index (Phi) is 3.38. The highest BCUT2D eigenvalue weighted by Crippen LogP contribution is 2.21. The van der Waals surface area contributed by atoms with Gasteiger partial charge in [-0.1, -0.05) is 24.3 Å². The van der Waals surface area contributed by atoms with Crippen LogP contribution in [-0.4, -0.2) is 37.7 Å². The summed E-state index contributed by atoms with van der Waals surface area (Å²) < 4.78 is 5.24. The first-order valence-corrected chi connectivity index (χ1v) is 5.48. The maximum Gasteiger partial charge on any atom is 0.0618 e. The molecule has 0 aromatic carbocycles. The van der Waals surface area contributed by atoms with Crippen LogP contribution in [0.5, 0.6) is 0 Å². The first kappa shape index (κ1) is 9.94. The lowest BCUT2D eigenvalue weighted by Gasteiger charge is -2.25. The van der Waals surface area contributed by atoms with Crippen molar-refractivity contribution in [2.24, 2.45) is 5.92 Å². The fraction of sp³-hybridized carbons (Fsp3) is 0.667. The molecule has 78 valence electrons. The van der Waals surface area contributed by atoms with Crippen LogP contribution in [-0.2, 0) is 4.74 Å². The van der Waals surface area contributed by atoms with Gasteiger partial charge in [0, 0.05) is 25.6 Å². The predicted molar refractivity (Wildman–Crippen MR) is 58.2 cm³/mol. The lowest BCUT2D eigenvalue weighted by Crippen LogP contribution is -2.35. The minimum Gasteiger partial charge on any atom is -0.383 e. The van der Waals surface area contributed by atoms with Gasteiger partial charge in [-0.25, -0.2) is 0 Å². The summed E-state index contributed by atoms with van der Waals surface area (Å²) in [5.41, 5.74) is 0. The zero-order valence-corrected chi connectivity index (χ0v) is 8.86. The van der Waals surface area contributed by atoms with Crippen molar-refractivity contribution in [1.29, 1.82) is 0 Å². The quantitative estimate of drug-likeness (QED) is 0.675. The summed E-state index contributed by atoms with van der Waals surface area (Å²) in [6, 6.07) is 0.655. The van der Waals surface area contributed by atoms with E-state index in [4.69, 9.17) is 4.74 Å². The zero-order chi connectivity index (χ0) is 9.80. The molecule has 1 aliphatic carbocycles. The van der Waals surface area contributed by atoms with Crippen LogP contribution >= 0.6 is 0 Å². The van der Waals surface area contributed by atoms with Crippen LogP contribution in [0.1, 0.15) is 12.8 Å². The normalized spacial score (nSPS) is 27.9. The SMILES string of the molecule is COC[C@@H]1CCCN1CC1C=CC=C1. The highest BCUT2D eigenvalue weighted by atomic mass is 16.5. The number of methoxy groups -OCH3 is 1. The van der Waals surface area contributed by atoms with E-state index in [1.165, 1.54) is 25.9 Å². The molecule has 1 atom stereocenters. The van der Waals surface area contributed by atoms with Gasteiger partial charge in [0.1, 0.15) is 0 Å². The average Bonchev–Trinajstić information content (AvgIpc) is 2.80. The van der Waals surface area contributed by atoms with Crippen LogP contribution in [0, 0.1) is 5.92 Å². The van der Waals surface area contributed by atoms with Gasteiger partial charge in [-0.3, -0.25) is 4.90 Å². The second-order valence-corrected chi connectivity index (χ2v) is 4.18. The summed E-state index contributed by atoms with van der Waals surface area (Å²) in [6.45, 7) is 3.30. The van der Waals surface area contributed by atoms with Gasteiger partial charge in [-0.2, -0.15) is 0 Å². The molecule has 0 unspecified atom stereocenters. The molecule has 0 aromatic heterocycles. The monoisotopic (exact) mass is 193 g/mol. The number of ether oxygens (including phenoxy) is 1. The highest BCUT2D eigenvalue weighted by Gasteiger charge is 2.25. The zero-order valence-electron chi connectivity index (χ0n) is 8.86. The van der Waals surface area contributed by atoms with Gasteiger partial charge in [0.05, 0.1) is 6.61 Å². The molecule has 2 rings (SSSR count). The predicted octanol–water partition coefficient (Wildman–Crippen LogP) is 1.84. The van der Waals surface area contributed by atoms with Crippen LogP contribution in [0.25, 0.3) is 0 Å². The van der Waals surface area contributed by atoms with Gasteiger partial charge in [0.15, 0.2) is 0 Å². The molecule has 14 heavy (non-hydrogen) atoms. The molecule has 0 aromatic rings. The number of rotatable bonds is 4. The fourth-order valence-corrected chi connectivity index (χ4v) is 2.39. The molecule has 2 aliphatic rings. The Bertz CT molecular complexity index is 222. The molecule has 1 aliphatic heterocycles. The molecule has 0 saturated carbocycles. The second kappa shape index (κ2) is 4.76. The minimum atomic E-state index is 0.632. The summed E-state index contributed by atoms with van der Waals surface area (Å²) in [6.07, 6.45) is 11.5. The fourth-order valence-electron chi connectivity index (χ4n) is 2.39. The van der Waals surface area contributed by atoms with E-state index in [1.807, 2.05) is 0 Å². The Balaban J connectivity index is 1.83. The van der Waals surface area contributed by atoms with Crippen molar-refractivity contribution < 1.29 is 4.74 Å².